The lowest BCUT2D eigenvalue weighted by molar-refractivity contribution is 0.414. The summed E-state index contributed by atoms with van der Waals surface area (Å²) in [6, 6.07) is 19.7. The molecule has 0 saturated carbocycles. The Hall–Kier alpha value is -3.56. The first-order chi connectivity index (χ1) is 15.8. The van der Waals surface area contributed by atoms with Crippen molar-refractivity contribution >= 4 is 39.1 Å². The van der Waals surface area contributed by atoms with Crippen molar-refractivity contribution in [1.82, 2.24) is 25.1 Å². The fourth-order valence-corrected chi connectivity index (χ4v) is 4.85. The van der Waals surface area contributed by atoms with E-state index >= 15 is 0 Å². The van der Waals surface area contributed by atoms with Crippen molar-refractivity contribution < 1.29 is 4.74 Å². The second-order valence-electron chi connectivity index (χ2n) is 6.79. The minimum Gasteiger partial charge on any atom is -0.497 e. The lowest BCUT2D eigenvalue weighted by Crippen LogP contribution is -1.98. The van der Waals surface area contributed by atoms with Crippen LogP contribution in [-0.4, -0.2) is 32.3 Å². The summed E-state index contributed by atoms with van der Waals surface area (Å²) in [5.74, 6) is 1.48. The average molecular weight is 459 g/mol. The largest absolute Gasteiger partial charge is 0.497 e. The van der Waals surface area contributed by atoms with Crippen LogP contribution >= 0.6 is 23.1 Å². The molecule has 0 radical (unpaired) electrons. The molecule has 158 valence electrons. The van der Waals surface area contributed by atoms with Gasteiger partial charge in [-0.1, -0.05) is 41.7 Å². The van der Waals surface area contributed by atoms with Crippen molar-refractivity contribution in [3.05, 3.63) is 78.6 Å². The Morgan fingerprint density at radius 1 is 0.969 bits per heavy atom. The number of aromatic nitrogens is 5. The summed E-state index contributed by atoms with van der Waals surface area (Å²) in [7, 11) is 1.66. The number of nitrogens with one attached hydrogen (secondary N) is 1. The molecule has 5 aromatic rings. The number of para-hydroxylation sites is 1. The van der Waals surface area contributed by atoms with Gasteiger partial charge in [0.1, 0.15) is 10.8 Å². The molecule has 3 heterocycles. The molecule has 0 aliphatic heterocycles. The second-order valence-corrected chi connectivity index (χ2v) is 9.00. The van der Waals surface area contributed by atoms with E-state index < -0.39 is 0 Å². The smallest absolute Gasteiger partial charge is 0.206 e. The summed E-state index contributed by atoms with van der Waals surface area (Å²) in [5, 5.41) is 14.5. The monoisotopic (exact) mass is 458 g/mol. The number of pyridine rings is 1. The van der Waals surface area contributed by atoms with Crippen molar-refractivity contribution in [3.8, 4) is 17.1 Å². The van der Waals surface area contributed by atoms with E-state index in [1.807, 2.05) is 60.7 Å². The van der Waals surface area contributed by atoms with Gasteiger partial charge in [0.25, 0.3) is 0 Å². The van der Waals surface area contributed by atoms with Crippen molar-refractivity contribution in [2.45, 2.75) is 15.9 Å². The molecule has 0 atom stereocenters. The highest BCUT2D eigenvalue weighted by atomic mass is 32.2. The molecule has 7 nitrogen and oxygen atoms in total. The predicted octanol–water partition coefficient (Wildman–Crippen LogP) is 5.32. The molecule has 0 bridgehead atoms. The minimum atomic E-state index is 0.640. The number of fused-ring (bicyclic) bond motifs is 1. The molecular weight excluding hydrogens is 440 g/mol. The Morgan fingerprint density at radius 2 is 1.84 bits per heavy atom. The van der Waals surface area contributed by atoms with Crippen LogP contribution in [0.4, 0.5) is 5.13 Å². The van der Waals surface area contributed by atoms with Crippen LogP contribution in [0.15, 0.2) is 82.4 Å². The number of anilines is 1. The fraction of sp³-hybridized carbons (Fsp3) is 0.0870. The van der Waals surface area contributed by atoms with Gasteiger partial charge in [-0.05, 0) is 47.7 Å². The first kappa shape index (κ1) is 20.3. The Kier molecular flexibility index (Phi) is 5.91. The highest BCUT2D eigenvalue weighted by molar-refractivity contribution is 8.01. The topological polar surface area (TPSA) is 85.7 Å². The maximum absolute atomic E-state index is 5.20. The van der Waals surface area contributed by atoms with Gasteiger partial charge >= 0.3 is 0 Å². The lowest BCUT2D eigenvalue weighted by atomic mass is 10.2. The number of nitrogens with zero attached hydrogens (tertiary/aromatic N) is 5. The Balaban J connectivity index is 1.37. The van der Waals surface area contributed by atoms with Gasteiger partial charge in [0.05, 0.1) is 12.6 Å². The second kappa shape index (κ2) is 9.29. The first-order valence-corrected chi connectivity index (χ1v) is 11.5. The van der Waals surface area contributed by atoms with Gasteiger partial charge in [-0.25, -0.2) is 9.97 Å². The van der Waals surface area contributed by atoms with Gasteiger partial charge in [0.2, 0.25) is 5.13 Å². The third-order valence-electron chi connectivity index (χ3n) is 4.68. The maximum atomic E-state index is 5.20. The van der Waals surface area contributed by atoms with Crippen LogP contribution < -0.4 is 10.1 Å². The Labute approximate surface area is 193 Å². The molecule has 0 fully saturated rings. The van der Waals surface area contributed by atoms with Crippen LogP contribution in [0.3, 0.4) is 0 Å². The van der Waals surface area contributed by atoms with E-state index in [1.54, 1.807) is 19.5 Å². The van der Waals surface area contributed by atoms with Crippen LogP contribution in [0.1, 0.15) is 5.56 Å². The van der Waals surface area contributed by atoms with Crippen LogP contribution in [0.25, 0.3) is 22.3 Å². The molecule has 0 amide bonds. The zero-order chi connectivity index (χ0) is 21.8. The summed E-state index contributed by atoms with van der Waals surface area (Å²) < 4.78 is 6.01. The van der Waals surface area contributed by atoms with E-state index in [9.17, 15) is 0 Å². The Bertz CT molecular complexity index is 1340. The third kappa shape index (κ3) is 4.53. The number of ether oxygens (including phenoxy) is 1. The molecular formula is C23H18N6OS2. The van der Waals surface area contributed by atoms with Crippen LogP contribution in [0.2, 0.25) is 0 Å². The van der Waals surface area contributed by atoms with Gasteiger partial charge in [0, 0.05) is 29.9 Å². The van der Waals surface area contributed by atoms with Crippen molar-refractivity contribution in [2.75, 3.05) is 12.4 Å². The van der Waals surface area contributed by atoms with E-state index in [0.717, 1.165) is 42.3 Å². The first-order valence-electron chi connectivity index (χ1n) is 9.84. The van der Waals surface area contributed by atoms with Crippen LogP contribution in [0, 0.1) is 0 Å². The summed E-state index contributed by atoms with van der Waals surface area (Å²) >= 11 is 2.99. The standard InChI is InChI=1S/C23H18N6OS2/c1-30-17-10-8-15(9-11-17)13-25-22-28-29-23(32-22)31-21-18-6-2-3-7-19(18)26-20(27-21)16-5-4-12-24-14-16/h2-12,14H,13H2,1H3,(H,25,28). The Morgan fingerprint density at radius 3 is 2.66 bits per heavy atom. The number of hydrogen-bond acceptors (Lipinski definition) is 9. The molecule has 3 aromatic heterocycles. The fourth-order valence-electron chi connectivity index (χ4n) is 3.08. The molecule has 0 unspecified atom stereocenters. The third-order valence-corrected chi connectivity index (χ3v) is 6.62. The summed E-state index contributed by atoms with van der Waals surface area (Å²) in [4.78, 5) is 13.7. The summed E-state index contributed by atoms with van der Waals surface area (Å²) in [6.45, 7) is 0.658. The van der Waals surface area contributed by atoms with Crippen molar-refractivity contribution in [2.24, 2.45) is 0 Å². The van der Waals surface area contributed by atoms with Gasteiger partial charge in [0.15, 0.2) is 10.2 Å². The van der Waals surface area contributed by atoms with E-state index in [4.69, 9.17) is 14.7 Å². The number of rotatable bonds is 7. The van der Waals surface area contributed by atoms with Crippen LogP contribution in [-0.2, 0) is 6.54 Å². The highest BCUT2D eigenvalue weighted by Crippen LogP contribution is 2.35. The number of hydrogen-bond donors (Lipinski definition) is 1. The van der Waals surface area contributed by atoms with E-state index in [0.29, 0.717) is 12.4 Å². The average Bonchev–Trinajstić information content (AvgIpc) is 3.31. The normalized spacial score (nSPS) is 10.9. The van der Waals surface area contributed by atoms with E-state index in [1.165, 1.54) is 23.1 Å². The molecule has 0 saturated heterocycles. The highest BCUT2D eigenvalue weighted by Gasteiger charge is 2.13. The molecule has 9 heteroatoms. The quantitative estimate of drug-likeness (QED) is 0.328. The van der Waals surface area contributed by atoms with Crippen molar-refractivity contribution in [1.29, 1.82) is 0 Å². The minimum absolute atomic E-state index is 0.640. The SMILES string of the molecule is COc1ccc(CNc2nnc(Sc3nc(-c4cccnc4)nc4ccccc34)s2)cc1. The van der Waals surface area contributed by atoms with Gasteiger partial charge in [-0.2, -0.15) is 0 Å². The van der Waals surface area contributed by atoms with E-state index in [2.05, 4.69) is 20.5 Å². The molecule has 0 spiro atoms. The molecule has 2 aromatic carbocycles. The zero-order valence-corrected chi connectivity index (χ0v) is 18.7. The molecule has 0 aliphatic carbocycles. The molecule has 5 rings (SSSR count). The maximum Gasteiger partial charge on any atom is 0.206 e. The summed E-state index contributed by atoms with van der Waals surface area (Å²) in [6.07, 6.45) is 3.51. The van der Waals surface area contributed by atoms with Crippen LogP contribution in [0.5, 0.6) is 5.75 Å². The summed E-state index contributed by atoms with van der Waals surface area (Å²) in [5.41, 5.74) is 2.89. The van der Waals surface area contributed by atoms with Gasteiger partial charge < -0.3 is 10.1 Å². The van der Waals surface area contributed by atoms with Gasteiger partial charge in [-0.15, -0.1) is 10.2 Å². The zero-order valence-electron chi connectivity index (χ0n) is 17.1. The van der Waals surface area contributed by atoms with Crippen molar-refractivity contribution in [3.63, 3.8) is 0 Å². The lowest BCUT2D eigenvalue weighted by Gasteiger charge is -2.07. The molecule has 1 N–H and O–H groups in total. The number of benzene rings is 2. The predicted molar refractivity (Wildman–Crippen MR) is 127 cm³/mol. The number of methoxy groups -OCH3 is 1. The van der Waals surface area contributed by atoms with E-state index in [-0.39, 0.29) is 0 Å². The molecule has 32 heavy (non-hydrogen) atoms. The molecule has 0 aliphatic rings. The van der Waals surface area contributed by atoms with Gasteiger partial charge in [-0.3, -0.25) is 4.98 Å².